The van der Waals surface area contributed by atoms with Gasteiger partial charge in [-0.2, -0.15) is 18.3 Å². The number of rotatable bonds is 3. The Kier molecular flexibility index (Phi) is 4.31. The molecular formula is C15H10F3N5O4. The van der Waals surface area contributed by atoms with Crippen LogP contribution in [0.5, 0.6) is 5.88 Å². The fraction of sp³-hybridized carbons (Fsp3) is 0.0667. The topological polar surface area (TPSA) is 144 Å². The Bertz CT molecular complexity index is 1110. The average Bonchev–Trinajstić information content (AvgIpc) is 3.04. The van der Waals surface area contributed by atoms with Gasteiger partial charge in [0.15, 0.2) is 5.56 Å². The predicted molar refractivity (Wildman–Crippen MR) is 86.3 cm³/mol. The normalized spacial score (nSPS) is 11.4. The molecule has 0 saturated carbocycles. The molecule has 0 bridgehead atoms. The molecule has 0 unspecified atom stereocenters. The van der Waals surface area contributed by atoms with Gasteiger partial charge in [-0.3, -0.25) is 24.7 Å². The molecule has 3 rings (SSSR count). The van der Waals surface area contributed by atoms with Crippen molar-refractivity contribution in [2.75, 3.05) is 5.32 Å². The molecule has 9 nitrogen and oxygen atoms in total. The first-order valence-electron chi connectivity index (χ1n) is 7.24. The molecule has 0 aliphatic carbocycles. The van der Waals surface area contributed by atoms with Crippen molar-refractivity contribution >= 4 is 11.6 Å². The molecule has 0 radical (unpaired) electrons. The van der Waals surface area contributed by atoms with Gasteiger partial charge in [0.1, 0.15) is 5.69 Å². The number of carbonyl (C=O) groups is 1. The molecule has 2 aromatic heterocycles. The summed E-state index contributed by atoms with van der Waals surface area (Å²) < 4.78 is 38.7. The van der Waals surface area contributed by atoms with Gasteiger partial charge in [0.25, 0.3) is 11.5 Å². The molecule has 3 aromatic rings. The van der Waals surface area contributed by atoms with Gasteiger partial charge in [0.2, 0.25) is 5.88 Å². The molecule has 0 saturated heterocycles. The number of alkyl halides is 3. The number of benzene rings is 1. The zero-order chi connectivity index (χ0) is 19.8. The molecule has 0 aliphatic heterocycles. The Labute approximate surface area is 146 Å². The zero-order valence-corrected chi connectivity index (χ0v) is 13.1. The first-order valence-corrected chi connectivity index (χ1v) is 7.24. The molecule has 0 spiro atoms. The number of nitrogens with one attached hydrogen (secondary N) is 4. The van der Waals surface area contributed by atoms with Gasteiger partial charge in [-0.25, -0.2) is 4.79 Å². The minimum Gasteiger partial charge on any atom is -0.494 e. The molecule has 0 fully saturated rings. The summed E-state index contributed by atoms with van der Waals surface area (Å²) in [6.45, 7) is 0. The molecule has 1 amide bonds. The summed E-state index contributed by atoms with van der Waals surface area (Å²) in [4.78, 5) is 38.4. The fourth-order valence-electron chi connectivity index (χ4n) is 2.33. The number of carbonyl (C=O) groups excluding carboxylic acids is 1. The van der Waals surface area contributed by atoms with Crippen molar-refractivity contribution in [3.8, 4) is 17.0 Å². The predicted octanol–water partition coefficient (Wildman–Crippen LogP) is 1.43. The lowest BCUT2D eigenvalue weighted by atomic mass is 10.1. The van der Waals surface area contributed by atoms with Crippen molar-refractivity contribution < 1.29 is 23.1 Å². The van der Waals surface area contributed by atoms with Crippen molar-refractivity contribution in [3.63, 3.8) is 0 Å². The van der Waals surface area contributed by atoms with Gasteiger partial charge >= 0.3 is 11.9 Å². The summed E-state index contributed by atoms with van der Waals surface area (Å²) in [5.74, 6) is -1.93. The lowest BCUT2D eigenvalue weighted by Gasteiger charge is -2.09. The Morgan fingerprint density at radius 1 is 1.11 bits per heavy atom. The van der Waals surface area contributed by atoms with Crippen LogP contribution in [0.1, 0.15) is 16.1 Å². The van der Waals surface area contributed by atoms with Crippen LogP contribution in [-0.2, 0) is 6.18 Å². The molecule has 1 aromatic carbocycles. The fourth-order valence-corrected chi connectivity index (χ4v) is 2.33. The summed E-state index contributed by atoms with van der Waals surface area (Å²) >= 11 is 0. The second kappa shape index (κ2) is 6.48. The van der Waals surface area contributed by atoms with Crippen molar-refractivity contribution in [2.45, 2.75) is 6.18 Å². The maximum absolute atomic E-state index is 12.9. The van der Waals surface area contributed by atoms with E-state index in [1.54, 1.807) is 4.98 Å². The molecule has 140 valence electrons. The van der Waals surface area contributed by atoms with E-state index in [4.69, 9.17) is 0 Å². The van der Waals surface area contributed by atoms with Crippen LogP contribution in [-0.4, -0.2) is 31.2 Å². The standard InChI is InChI=1S/C15H10F3N5O4/c16-15(17,18)10-8(5-19-23-10)6-1-3-7(4-2-6)20-11(24)9-12(25)21-14(27)22-13(9)26/h1-5H,(H,19,23)(H,20,24)(H3,21,22,25,26,27). The van der Waals surface area contributed by atoms with Crippen LogP contribution < -0.4 is 16.6 Å². The van der Waals surface area contributed by atoms with Crippen LogP contribution in [0.25, 0.3) is 11.1 Å². The van der Waals surface area contributed by atoms with Gasteiger partial charge in [-0.15, -0.1) is 0 Å². The second-order valence-corrected chi connectivity index (χ2v) is 5.32. The lowest BCUT2D eigenvalue weighted by Crippen LogP contribution is -2.30. The summed E-state index contributed by atoms with van der Waals surface area (Å²) in [5.41, 5.74) is -3.64. The van der Waals surface area contributed by atoms with Crippen molar-refractivity contribution in [1.29, 1.82) is 0 Å². The molecular weight excluding hydrogens is 371 g/mol. The number of aromatic amines is 3. The summed E-state index contributed by atoms with van der Waals surface area (Å²) in [5, 5.41) is 17.1. The second-order valence-electron chi connectivity index (χ2n) is 5.32. The van der Waals surface area contributed by atoms with Crippen molar-refractivity contribution in [3.05, 3.63) is 62.6 Å². The van der Waals surface area contributed by atoms with E-state index in [1.807, 2.05) is 10.1 Å². The van der Waals surface area contributed by atoms with E-state index in [1.165, 1.54) is 24.3 Å². The number of nitrogens with zero attached hydrogens (tertiary/aromatic N) is 1. The van der Waals surface area contributed by atoms with E-state index < -0.39 is 40.5 Å². The minimum atomic E-state index is -4.61. The molecule has 2 heterocycles. The highest BCUT2D eigenvalue weighted by Gasteiger charge is 2.35. The van der Waals surface area contributed by atoms with E-state index in [-0.39, 0.29) is 16.8 Å². The Hall–Kier alpha value is -3.83. The lowest BCUT2D eigenvalue weighted by molar-refractivity contribution is -0.140. The third kappa shape index (κ3) is 3.58. The van der Waals surface area contributed by atoms with E-state index in [0.29, 0.717) is 0 Å². The highest BCUT2D eigenvalue weighted by Crippen LogP contribution is 2.35. The number of aromatic hydroxyl groups is 1. The maximum atomic E-state index is 12.9. The smallest absolute Gasteiger partial charge is 0.433 e. The van der Waals surface area contributed by atoms with Crippen molar-refractivity contribution in [2.24, 2.45) is 0 Å². The maximum Gasteiger partial charge on any atom is 0.433 e. The molecule has 0 aliphatic rings. The number of halogens is 3. The summed E-state index contributed by atoms with van der Waals surface area (Å²) in [6, 6.07) is 5.23. The van der Waals surface area contributed by atoms with Gasteiger partial charge in [-0.05, 0) is 17.7 Å². The van der Waals surface area contributed by atoms with Crippen LogP contribution in [0.2, 0.25) is 0 Å². The highest BCUT2D eigenvalue weighted by atomic mass is 19.4. The van der Waals surface area contributed by atoms with Crippen LogP contribution in [0.4, 0.5) is 18.9 Å². The van der Waals surface area contributed by atoms with Gasteiger partial charge in [-0.1, -0.05) is 12.1 Å². The molecule has 5 N–H and O–H groups in total. The van der Waals surface area contributed by atoms with E-state index in [9.17, 15) is 32.7 Å². The molecule has 27 heavy (non-hydrogen) atoms. The Morgan fingerprint density at radius 2 is 1.78 bits per heavy atom. The third-order valence-corrected chi connectivity index (χ3v) is 3.53. The third-order valence-electron chi connectivity index (χ3n) is 3.53. The van der Waals surface area contributed by atoms with E-state index in [0.717, 1.165) is 6.20 Å². The number of anilines is 1. The first-order chi connectivity index (χ1) is 12.7. The highest BCUT2D eigenvalue weighted by molar-refractivity contribution is 6.05. The number of hydrogen-bond donors (Lipinski definition) is 5. The summed E-state index contributed by atoms with van der Waals surface area (Å²) in [7, 11) is 0. The first kappa shape index (κ1) is 18.0. The molecule has 0 atom stereocenters. The number of hydrogen-bond acceptors (Lipinski definition) is 5. The molecule has 12 heteroatoms. The van der Waals surface area contributed by atoms with Gasteiger partial charge < -0.3 is 10.4 Å². The number of aromatic nitrogens is 4. The average molecular weight is 381 g/mol. The minimum absolute atomic E-state index is 0.144. The van der Waals surface area contributed by atoms with Gasteiger partial charge in [0, 0.05) is 11.3 Å². The van der Waals surface area contributed by atoms with Crippen molar-refractivity contribution in [1.82, 2.24) is 20.2 Å². The Balaban J connectivity index is 1.85. The van der Waals surface area contributed by atoms with Crippen LogP contribution in [0, 0.1) is 0 Å². The van der Waals surface area contributed by atoms with E-state index >= 15 is 0 Å². The number of H-pyrrole nitrogens is 3. The zero-order valence-electron chi connectivity index (χ0n) is 13.1. The van der Waals surface area contributed by atoms with Crippen LogP contribution >= 0.6 is 0 Å². The monoisotopic (exact) mass is 381 g/mol. The van der Waals surface area contributed by atoms with Crippen LogP contribution in [0.15, 0.2) is 40.1 Å². The van der Waals surface area contributed by atoms with E-state index in [2.05, 4.69) is 10.4 Å². The van der Waals surface area contributed by atoms with Crippen LogP contribution in [0.3, 0.4) is 0 Å². The Morgan fingerprint density at radius 3 is 2.37 bits per heavy atom. The largest absolute Gasteiger partial charge is 0.494 e. The summed E-state index contributed by atoms with van der Waals surface area (Å²) in [6.07, 6.45) is -3.59. The quantitative estimate of drug-likeness (QED) is 0.466. The van der Waals surface area contributed by atoms with Gasteiger partial charge in [0.05, 0.1) is 6.20 Å². The number of amides is 1. The SMILES string of the molecule is O=C(Nc1ccc(-c2cn[nH]c2C(F)(F)F)cc1)c1c(O)[nH]c(=O)[nH]c1=O.